The molecule has 2 saturated heterocycles. The van der Waals surface area contributed by atoms with Crippen LogP contribution in [0, 0.1) is 29.1 Å². The normalized spacial score (nSPS) is 19.9. The molecule has 2 aliphatic rings. The molecule has 0 aliphatic carbocycles. The average molecular weight is 345 g/mol. The fourth-order valence-electron chi connectivity index (χ4n) is 3.19. The van der Waals surface area contributed by atoms with Crippen LogP contribution in [0.3, 0.4) is 0 Å². The molecule has 0 bridgehead atoms. The summed E-state index contributed by atoms with van der Waals surface area (Å²) in [5, 5.41) is 9.19. The first kappa shape index (κ1) is 23.9. The molecule has 0 atom stereocenters. The van der Waals surface area contributed by atoms with Crippen molar-refractivity contribution < 1.29 is 14.6 Å². The van der Waals surface area contributed by atoms with E-state index in [1.54, 1.807) is 0 Å². The smallest absolute Gasteiger partial charge is 0.0594 e. The third kappa shape index (κ3) is 12.3. The maximum Gasteiger partial charge on any atom is 0.0594 e. The van der Waals surface area contributed by atoms with Gasteiger partial charge in [-0.2, -0.15) is 0 Å². The summed E-state index contributed by atoms with van der Waals surface area (Å²) >= 11 is 0. The van der Waals surface area contributed by atoms with E-state index in [4.69, 9.17) is 9.47 Å². The van der Waals surface area contributed by atoms with Crippen molar-refractivity contribution in [2.75, 3.05) is 26.4 Å². The van der Waals surface area contributed by atoms with Crippen LogP contribution >= 0.6 is 0 Å². The molecule has 0 amide bonds. The molecule has 0 aromatic heterocycles. The second-order valence-electron chi connectivity index (χ2n) is 9.85. The van der Waals surface area contributed by atoms with E-state index in [1.165, 1.54) is 6.42 Å². The first-order valence-corrected chi connectivity index (χ1v) is 9.72. The molecule has 0 aromatic carbocycles. The van der Waals surface area contributed by atoms with Gasteiger partial charge < -0.3 is 14.6 Å². The van der Waals surface area contributed by atoms with E-state index in [0.717, 1.165) is 50.6 Å². The molecule has 24 heavy (non-hydrogen) atoms. The van der Waals surface area contributed by atoms with E-state index in [9.17, 15) is 5.11 Å². The molecular formula is C21H44O3. The van der Waals surface area contributed by atoms with Crippen molar-refractivity contribution in [1.82, 2.24) is 0 Å². The van der Waals surface area contributed by atoms with Crippen LogP contribution in [0.2, 0.25) is 0 Å². The Bertz CT molecular complexity index is 308. The molecule has 1 N–H and O–H groups in total. The SMILES string of the molecule is CC(C)C1COC1.CC(C)CC(C)(C)O.CC(C)CC1(C)COC1. The van der Waals surface area contributed by atoms with Gasteiger partial charge in [0.25, 0.3) is 0 Å². The molecule has 2 fully saturated rings. The fraction of sp³-hybridized carbons (Fsp3) is 1.00. The fourth-order valence-corrected chi connectivity index (χ4v) is 3.19. The lowest BCUT2D eigenvalue weighted by atomic mass is 9.80. The van der Waals surface area contributed by atoms with Gasteiger partial charge in [0, 0.05) is 11.3 Å². The van der Waals surface area contributed by atoms with E-state index in [2.05, 4.69) is 48.5 Å². The van der Waals surface area contributed by atoms with Gasteiger partial charge in [-0.25, -0.2) is 0 Å². The van der Waals surface area contributed by atoms with Crippen LogP contribution in [0.15, 0.2) is 0 Å². The Kier molecular flexibility index (Phi) is 10.7. The van der Waals surface area contributed by atoms with Gasteiger partial charge in [-0.3, -0.25) is 0 Å². The highest BCUT2D eigenvalue weighted by atomic mass is 16.5. The Labute approximate surface area is 151 Å². The largest absolute Gasteiger partial charge is 0.390 e. The Morgan fingerprint density at radius 1 is 0.958 bits per heavy atom. The zero-order valence-corrected chi connectivity index (χ0v) is 17.8. The summed E-state index contributed by atoms with van der Waals surface area (Å²) in [6.07, 6.45) is 2.19. The van der Waals surface area contributed by atoms with Gasteiger partial charge in [0.15, 0.2) is 0 Å². The van der Waals surface area contributed by atoms with Crippen molar-refractivity contribution in [2.24, 2.45) is 29.1 Å². The van der Waals surface area contributed by atoms with Crippen molar-refractivity contribution in [3.05, 3.63) is 0 Å². The van der Waals surface area contributed by atoms with Crippen molar-refractivity contribution >= 4 is 0 Å². The lowest BCUT2D eigenvalue weighted by Gasteiger charge is -2.39. The Balaban J connectivity index is 0.000000333. The maximum atomic E-state index is 9.19. The first-order valence-electron chi connectivity index (χ1n) is 9.72. The van der Waals surface area contributed by atoms with Gasteiger partial charge in [-0.1, -0.05) is 48.5 Å². The molecule has 0 saturated carbocycles. The highest BCUT2D eigenvalue weighted by Crippen LogP contribution is 2.33. The molecule has 0 aromatic rings. The van der Waals surface area contributed by atoms with E-state index < -0.39 is 5.60 Å². The van der Waals surface area contributed by atoms with Crippen LogP contribution in [0.1, 0.15) is 75.2 Å². The predicted octanol–water partition coefficient (Wildman–Crippen LogP) is 5.16. The monoisotopic (exact) mass is 344 g/mol. The second kappa shape index (κ2) is 10.8. The lowest BCUT2D eigenvalue weighted by Crippen LogP contribution is -2.40. The van der Waals surface area contributed by atoms with Gasteiger partial charge in [0.2, 0.25) is 0 Å². The minimum absolute atomic E-state index is 0.478. The molecule has 0 radical (unpaired) electrons. The third-order valence-corrected chi connectivity index (χ3v) is 4.32. The minimum atomic E-state index is -0.478. The molecule has 3 heteroatoms. The third-order valence-electron chi connectivity index (χ3n) is 4.32. The minimum Gasteiger partial charge on any atom is -0.390 e. The first-order chi connectivity index (χ1) is 10.8. The summed E-state index contributed by atoms with van der Waals surface area (Å²) in [4.78, 5) is 0. The zero-order chi connectivity index (χ0) is 19.0. The number of aliphatic hydroxyl groups is 1. The average Bonchev–Trinajstić information content (AvgIpc) is 2.20. The maximum absolute atomic E-state index is 9.19. The molecule has 146 valence electrons. The van der Waals surface area contributed by atoms with E-state index in [0.29, 0.717) is 11.3 Å². The summed E-state index contributed by atoms with van der Waals surface area (Å²) in [6.45, 7) is 23.2. The van der Waals surface area contributed by atoms with Gasteiger partial charge in [0.1, 0.15) is 0 Å². The molecule has 0 spiro atoms. The Hall–Kier alpha value is -0.120. The number of ether oxygens (including phenoxy) is 2. The molecule has 2 rings (SSSR count). The zero-order valence-electron chi connectivity index (χ0n) is 17.8. The van der Waals surface area contributed by atoms with Gasteiger partial charge >= 0.3 is 0 Å². The van der Waals surface area contributed by atoms with Crippen molar-refractivity contribution in [3.8, 4) is 0 Å². The van der Waals surface area contributed by atoms with Gasteiger partial charge in [-0.15, -0.1) is 0 Å². The summed E-state index contributed by atoms with van der Waals surface area (Å²) in [7, 11) is 0. The predicted molar refractivity (Wildman–Crippen MR) is 103 cm³/mol. The van der Waals surface area contributed by atoms with Crippen LogP contribution in [0.5, 0.6) is 0 Å². The van der Waals surface area contributed by atoms with Crippen molar-refractivity contribution in [1.29, 1.82) is 0 Å². The lowest BCUT2D eigenvalue weighted by molar-refractivity contribution is -0.111. The summed E-state index contributed by atoms with van der Waals surface area (Å²) in [5.41, 5.74) is 0.0440. The summed E-state index contributed by atoms with van der Waals surface area (Å²) in [6, 6.07) is 0. The standard InChI is InChI=1S/C8H16O.C7H16O.C6H12O/c1-7(2)4-8(3)5-9-6-8;1-6(2)5-7(3,4)8;1-5(2)6-3-7-4-6/h7H,4-6H2,1-3H3;6,8H,5H2,1-4H3;5-6H,3-4H2,1-2H3. The van der Waals surface area contributed by atoms with Crippen molar-refractivity contribution in [3.63, 3.8) is 0 Å². The molecule has 3 nitrogen and oxygen atoms in total. The highest BCUT2D eigenvalue weighted by molar-refractivity contribution is 4.81. The Morgan fingerprint density at radius 2 is 1.46 bits per heavy atom. The van der Waals surface area contributed by atoms with Crippen LogP contribution < -0.4 is 0 Å². The van der Waals surface area contributed by atoms with E-state index in [-0.39, 0.29) is 0 Å². The second-order valence-corrected chi connectivity index (χ2v) is 9.85. The molecule has 0 unspecified atom stereocenters. The van der Waals surface area contributed by atoms with E-state index in [1.807, 2.05) is 13.8 Å². The quantitative estimate of drug-likeness (QED) is 0.748. The van der Waals surface area contributed by atoms with Crippen LogP contribution in [-0.4, -0.2) is 37.1 Å². The number of rotatable bonds is 5. The van der Waals surface area contributed by atoms with Crippen molar-refractivity contribution in [2.45, 2.75) is 80.8 Å². The van der Waals surface area contributed by atoms with Crippen LogP contribution in [-0.2, 0) is 9.47 Å². The molecule has 2 heterocycles. The Morgan fingerprint density at radius 3 is 1.50 bits per heavy atom. The van der Waals surface area contributed by atoms with Gasteiger partial charge in [0.05, 0.1) is 32.0 Å². The van der Waals surface area contributed by atoms with E-state index >= 15 is 0 Å². The topological polar surface area (TPSA) is 38.7 Å². The number of hydrogen-bond donors (Lipinski definition) is 1. The van der Waals surface area contributed by atoms with Crippen LogP contribution in [0.25, 0.3) is 0 Å². The highest BCUT2D eigenvalue weighted by Gasteiger charge is 2.33. The summed E-state index contributed by atoms with van der Waals surface area (Å²) in [5.74, 6) is 3.10. The molecular weight excluding hydrogens is 300 g/mol. The molecule has 2 aliphatic heterocycles. The number of hydrogen-bond acceptors (Lipinski definition) is 3. The van der Waals surface area contributed by atoms with Crippen LogP contribution in [0.4, 0.5) is 0 Å². The van der Waals surface area contributed by atoms with Gasteiger partial charge in [-0.05, 0) is 44.4 Å². The summed E-state index contributed by atoms with van der Waals surface area (Å²) < 4.78 is 10.1.